The Kier molecular flexibility index (Phi) is 5.48. The van der Waals surface area contributed by atoms with Gasteiger partial charge in [-0.1, -0.05) is 36.4 Å². The number of nitrogen functional groups attached to an aromatic ring is 1. The van der Waals surface area contributed by atoms with E-state index in [0.717, 1.165) is 13.7 Å². The van der Waals surface area contributed by atoms with E-state index in [4.69, 9.17) is 20.7 Å². The standard InChI is InChI=1S/C35H19N7O6/c36-31-21-13-11-19(47-17-7-3-1-4-8-17)15-22(21)32-38-27-25(34(45)40(31)32)29(43)28-26(30(27)44)35(46)41-33(39-28)23-16-20(12-14-24(23)42(41)37)48-18-9-5-2-6-10-18/h1-16,36H,37H2. The van der Waals surface area contributed by atoms with Crippen molar-refractivity contribution in [2.75, 3.05) is 5.84 Å². The van der Waals surface area contributed by atoms with Crippen molar-refractivity contribution >= 4 is 54.8 Å². The van der Waals surface area contributed by atoms with Gasteiger partial charge in [0.2, 0.25) is 10.9 Å². The molecule has 0 aliphatic rings. The van der Waals surface area contributed by atoms with Gasteiger partial charge in [-0.3, -0.25) is 24.6 Å². The number of para-hydroxylation sites is 2. The minimum Gasteiger partial charge on any atom is -0.457 e. The topological polar surface area (TPSA) is 176 Å². The van der Waals surface area contributed by atoms with Gasteiger partial charge < -0.3 is 15.3 Å². The van der Waals surface area contributed by atoms with Crippen molar-refractivity contribution in [1.82, 2.24) is 23.7 Å². The molecule has 0 aliphatic carbocycles. The Morgan fingerprint density at radius 1 is 0.583 bits per heavy atom. The second-order valence-corrected chi connectivity index (χ2v) is 11.1. The van der Waals surface area contributed by atoms with Crippen LogP contribution in [0, 0.1) is 5.41 Å². The number of nitrogens with one attached hydrogen (secondary N) is 1. The molecule has 0 radical (unpaired) electrons. The van der Waals surface area contributed by atoms with Crippen LogP contribution >= 0.6 is 0 Å². The van der Waals surface area contributed by atoms with E-state index < -0.39 is 43.8 Å². The van der Waals surface area contributed by atoms with Gasteiger partial charge in [-0.15, -0.1) is 0 Å². The number of aromatic nitrogens is 5. The zero-order valence-corrected chi connectivity index (χ0v) is 24.5. The number of benzene rings is 5. The second-order valence-electron chi connectivity index (χ2n) is 11.1. The molecular weight excluding hydrogens is 614 g/mol. The minimum absolute atomic E-state index is 0.0142. The van der Waals surface area contributed by atoms with Gasteiger partial charge in [0.15, 0.2) is 5.65 Å². The maximum Gasteiger partial charge on any atom is 0.286 e. The van der Waals surface area contributed by atoms with Crippen LogP contribution < -0.4 is 42.8 Å². The number of fused-ring (bicyclic) bond motifs is 8. The summed E-state index contributed by atoms with van der Waals surface area (Å²) in [4.78, 5) is 65.8. The molecule has 0 spiro atoms. The Hall–Kier alpha value is -7.15. The molecule has 13 heteroatoms. The molecule has 0 saturated carbocycles. The summed E-state index contributed by atoms with van der Waals surface area (Å²) in [5, 5.41) is 8.67. The van der Waals surface area contributed by atoms with E-state index in [2.05, 4.69) is 9.97 Å². The highest BCUT2D eigenvalue weighted by atomic mass is 16.5. The fourth-order valence-corrected chi connectivity index (χ4v) is 6.18. The normalized spacial score (nSPS) is 11.8. The lowest BCUT2D eigenvalue weighted by Crippen LogP contribution is -2.34. The molecule has 4 aromatic heterocycles. The van der Waals surface area contributed by atoms with E-state index in [-0.39, 0.29) is 16.8 Å². The summed E-state index contributed by atoms with van der Waals surface area (Å²) in [7, 11) is 0. The van der Waals surface area contributed by atoms with Crippen molar-refractivity contribution in [3.05, 3.63) is 144 Å². The van der Waals surface area contributed by atoms with Crippen LogP contribution in [0.4, 0.5) is 0 Å². The molecule has 3 N–H and O–H groups in total. The van der Waals surface area contributed by atoms with E-state index in [1.807, 2.05) is 36.4 Å². The Labute approximate surface area is 265 Å². The van der Waals surface area contributed by atoms with E-state index in [1.165, 1.54) is 0 Å². The fourth-order valence-electron chi connectivity index (χ4n) is 6.18. The summed E-state index contributed by atoms with van der Waals surface area (Å²) in [6, 6.07) is 27.8. The van der Waals surface area contributed by atoms with Crippen LogP contribution in [0.5, 0.6) is 23.0 Å². The molecule has 9 aromatic rings. The third-order valence-corrected chi connectivity index (χ3v) is 8.37. The van der Waals surface area contributed by atoms with Crippen LogP contribution in [0.15, 0.2) is 116 Å². The molecule has 0 bridgehead atoms. The van der Waals surface area contributed by atoms with Crippen molar-refractivity contribution in [2.24, 2.45) is 0 Å². The van der Waals surface area contributed by atoms with Crippen LogP contribution in [0.25, 0.3) is 54.8 Å². The smallest absolute Gasteiger partial charge is 0.286 e. The largest absolute Gasteiger partial charge is 0.457 e. The van der Waals surface area contributed by atoms with Gasteiger partial charge >= 0.3 is 0 Å². The molecule has 0 aliphatic heterocycles. The van der Waals surface area contributed by atoms with E-state index >= 15 is 0 Å². The lowest BCUT2D eigenvalue weighted by atomic mass is 10.1. The molecule has 230 valence electrons. The SMILES string of the molecule is N=c1c2ccc(Oc3ccccc3)cc2c2nc3c(=O)c4c(=O)n5c(nc4c(=O)c3c(=O)n12)c1cc(Oc2ccccc2)ccc1n5N. The van der Waals surface area contributed by atoms with E-state index in [1.54, 1.807) is 60.7 Å². The second kappa shape index (κ2) is 9.67. The zero-order valence-electron chi connectivity index (χ0n) is 24.5. The number of nitrogens with zero attached hydrogens (tertiary/aromatic N) is 5. The number of nitrogens with two attached hydrogens (primary N) is 1. The van der Waals surface area contributed by atoms with Crippen molar-refractivity contribution < 1.29 is 9.47 Å². The Bertz CT molecular complexity index is 3120. The number of hydrogen-bond donors (Lipinski definition) is 2. The highest BCUT2D eigenvalue weighted by Crippen LogP contribution is 2.29. The van der Waals surface area contributed by atoms with Crippen molar-refractivity contribution in [2.45, 2.75) is 0 Å². The molecule has 13 nitrogen and oxygen atoms in total. The Morgan fingerprint density at radius 2 is 1.12 bits per heavy atom. The minimum atomic E-state index is -0.960. The highest BCUT2D eigenvalue weighted by molar-refractivity contribution is 6.02. The monoisotopic (exact) mass is 633 g/mol. The molecule has 48 heavy (non-hydrogen) atoms. The molecule has 0 atom stereocenters. The van der Waals surface area contributed by atoms with Crippen molar-refractivity contribution in [3.63, 3.8) is 0 Å². The van der Waals surface area contributed by atoms with Crippen LogP contribution in [0.3, 0.4) is 0 Å². The lowest BCUT2D eigenvalue weighted by Gasteiger charge is -2.05. The van der Waals surface area contributed by atoms with Crippen LogP contribution in [-0.4, -0.2) is 23.7 Å². The zero-order chi connectivity index (χ0) is 32.8. The molecule has 5 aromatic carbocycles. The predicted octanol–water partition coefficient (Wildman–Crippen LogP) is 3.49. The maximum atomic E-state index is 14.0. The summed E-state index contributed by atoms with van der Waals surface area (Å²) in [5.74, 6) is 8.27. The van der Waals surface area contributed by atoms with Crippen LogP contribution in [0.1, 0.15) is 0 Å². The maximum absolute atomic E-state index is 14.0. The van der Waals surface area contributed by atoms with Gasteiger partial charge in [-0.2, -0.15) is 9.31 Å². The fraction of sp³-hybridized carbons (Fsp3) is 0. The third-order valence-electron chi connectivity index (χ3n) is 8.37. The first-order chi connectivity index (χ1) is 23.3. The summed E-state index contributed by atoms with van der Waals surface area (Å²) in [5.41, 5.74) is -4.65. The van der Waals surface area contributed by atoms with E-state index in [9.17, 15) is 19.2 Å². The van der Waals surface area contributed by atoms with E-state index in [0.29, 0.717) is 44.7 Å². The number of hydrogen-bond acceptors (Lipinski definition) is 10. The molecule has 9 rings (SSSR count). The molecule has 0 fully saturated rings. The third kappa shape index (κ3) is 3.69. The van der Waals surface area contributed by atoms with Crippen LogP contribution in [0.2, 0.25) is 0 Å². The first-order valence-electron chi connectivity index (χ1n) is 14.6. The quantitative estimate of drug-likeness (QED) is 0.217. The van der Waals surface area contributed by atoms with Gasteiger partial charge in [0, 0.05) is 10.8 Å². The summed E-state index contributed by atoms with van der Waals surface area (Å²) >= 11 is 0. The summed E-state index contributed by atoms with van der Waals surface area (Å²) in [6.45, 7) is 0. The summed E-state index contributed by atoms with van der Waals surface area (Å²) in [6.07, 6.45) is 0. The summed E-state index contributed by atoms with van der Waals surface area (Å²) < 4.78 is 13.8. The van der Waals surface area contributed by atoms with Gasteiger partial charge in [-0.25, -0.2) is 14.4 Å². The molecule has 0 amide bonds. The van der Waals surface area contributed by atoms with Gasteiger partial charge in [-0.05, 0) is 60.7 Å². The molecular formula is C35H19N7O6. The first kappa shape index (κ1) is 27.2. The average Bonchev–Trinajstić information content (AvgIpc) is 3.54. The van der Waals surface area contributed by atoms with Gasteiger partial charge in [0.25, 0.3) is 11.1 Å². The number of ether oxygens (including phenoxy) is 2. The van der Waals surface area contributed by atoms with Crippen molar-refractivity contribution in [3.8, 4) is 23.0 Å². The lowest BCUT2D eigenvalue weighted by molar-refractivity contribution is 0.483. The predicted molar refractivity (Wildman–Crippen MR) is 178 cm³/mol. The first-order valence-corrected chi connectivity index (χ1v) is 14.6. The van der Waals surface area contributed by atoms with Crippen molar-refractivity contribution in [1.29, 1.82) is 5.41 Å². The van der Waals surface area contributed by atoms with Gasteiger partial charge in [0.05, 0.1) is 10.9 Å². The Balaban J connectivity index is 1.32. The number of rotatable bonds is 4. The Morgan fingerprint density at radius 3 is 1.75 bits per heavy atom. The average molecular weight is 634 g/mol. The van der Waals surface area contributed by atoms with Gasteiger partial charge in [0.1, 0.15) is 55.9 Å². The molecule has 0 saturated heterocycles. The highest BCUT2D eigenvalue weighted by Gasteiger charge is 2.25. The van der Waals surface area contributed by atoms with Crippen LogP contribution in [-0.2, 0) is 0 Å². The molecule has 4 heterocycles. The molecule has 0 unspecified atom stereocenters.